The monoisotopic (exact) mass is 732 g/mol. The Kier molecular flexibility index (Phi) is 6.80. The normalized spacial score (nSPS) is 11.9. The van der Waals surface area contributed by atoms with E-state index in [-0.39, 0.29) is 0 Å². The molecule has 0 amide bonds. The molecular formula is C52H32N2OS. The highest BCUT2D eigenvalue weighted by molar-refractivity contribution is 7.26. The summed E-state index contributed by atoms with van der Waals surface area (Å²) in [7, 11) is 0. The Labute approximate surface area is 326 Å². The van der Waals surface area contributed by atoms with E-state index in [1.807, 2.05) is 17.4 Å². The molecule has 0 bridgehead atoms. The first-order chi connectivity index (χ1) is 27.8. The van der Waals surface area contributed by atoms with Crippen LogP contribution >= 0.6 is 11.3 Å². The van der Waals surface area contributed by atoms with Gasteiger partial charge in [0.2, 0.25) is 0 Å². The molecule has 0 atom stereocenters. The van der Waals surface area contributed by atoms with Gasteiger partial charge in [0.15, 0.2) is 0 Å². The van der Waals surface area contributed by atoms with Gasteiger partial charge in [0.05, 0.1) is 27.8 Å². The van der Waals surface area contributed by atoms with Gasteiger partial charge in [-0.15, -0.1) is 11.3 Å². The summed E-state index contributed by atoms with van der Waals surface area (Å²) in [6, 6.07) is 70.3. The topological polar surface area (TPSA) is 21.3 Å². The van der Waals surface area contributed by atoms with Gasteiger partial charge in [-0.25, -0.2) is 0 Å². The van der Waals surface area contributed by atoms with Crippen LogP contribution in [0.1, 0.15) is 0 Å². The lowest BCUT2D eigenvalue weighted by atomic mass is 9.99. The van der Waals surface area contributed by atoms with Gasteiger partial charge in [-0.05, 0) is 88.6 Å². The van der Waals surface area contributed by atoms with Gasteiger partial charge in [0, 0.05) is 47.7 Å². The first-order valence-electron chi connectivity index (χ1n) is 19.0. The quantitative estimate of drug-likeness (QED) is 0.176. The first-order valence-corrected chi connectivity index (χ1v) is 19.8. The minimum absolute atomic E-state index is 0.874. The second-order valence-corrected chi connectivity index (χ2v) is 15.5. The SMILES string of the molecule is c1cc(-c2ccc(N(c3ccc4ccccc4c3)c3cccc4oc5ccccc5c34)c3c2sc2ccccc23)cc(-n2c3ccccc3c3ccccc32)c1. The van der Waals surface area contributed by atoms with E-state index in [2.05, 4.69) is 198 Å². The fourth-order valence-electron chi connectivity index (χ4n) is 8.90. The van der Waals surface area contributed by atoms with Gasteiger partial charge >= 0.3 is 0 Å². The number of furan rings is 1. The van der Waals surface area contributed by atoms with Gasteiger partial charge < -0.3 is 13.9 Å². The number of hydrogen-bond acceptors (Lipinski definition) is 3. The highest BCUT2D eigenvalue weighted by Gasteiger charge is 2.24. The van der Waals surface area contributed by atoms with Crippen LogP contribution in [0.25, 0.3) is 91.5 Å². The minimum atomic E-state index is 0.874. The van der Waals surface area contributed by atoms with Crippen LogP contribution in [0.5, 0.6) is 0 Å². The summed E-state index contributed by atoms with van der Waals surface area (Å²) in [6.07, 6.45) is 0. The van der Waals surface area contributed by atoms with Crippen LogP contribution < -0.4 is 4.90 Å². The van der Waals surface area contributed by atoms with Gasteiger partial charge in [-0.3, -0.25) is 0 Å². The highest BCUT2D eigenvalue weighted by Crippen LogP contribution is 2.50. The second kappa shape index (κ2) is 12.2. The van der Waals surface area contributed by atoms with E-state index in [9.17, 15) is 0 Å². The molecule has 0 aliphatic carbocycles. The third kappa shape index (κ3) is 4.63. The van der Waals surface area contributed by atoms with E-state index in [1.165, 1.54) is 63.9 Å². The van der Waals surface area contributed by atoms with Gasteiger partial charge in [0.1, 0.15) is 11.2 Å². The summed E-state index contributed by atoms with van der Waals surface area (Å²) in [5.74, 6) is 0. The molecule has 0 fully saturated rings. The molecule has 0 radical (unpaired) electrons. The molecule has 0 saturated heterocycles. The zero-order valence-corrected chi connectivity index (χ0v) is 31.0. The zero-order valence-electron chi connectivity index (χ0n) is 30.2. The number of para-hydroxylation sites is 3. The maximum absolute atomic E-state index is 6.47. The molecule has 9 aromatic carbocycles. The molecule has 3 aromatic heterocycles. The molecular weight excluding hydrogens is 701 g/mol. The van der Waals surface area contributed by atoms with Crippen LogP contribution in [-0.4, -0.2) is 4.57 Å². The Morgan fingerprint density at radius 1 is 0.446 bits per heavy atom. The third-order valence-corrected chi connectivity index (χ3v) is 12.6. The average Bonchev–Trinajstić information content (AvgIpc) is 3.94. The van der Waals surface area contributed by atoms with Crippen LogP contribution in [0.2, 0.25) is 0 Å². The van der Waals surface area contributed by atoms with Crippen LogP contribution in [0.3, 0.4) is 0 Å². The lowest BCUT2D eigenvalue weighted by Crippen LogP contribution is -2.11. The van der Waals surface area contributed by atoms with Crippen molar-refractivity contribution in [3.8, 4) is 16.8 Å². The highest BCUT2D eigenvalue weighted by atomic mass is 32.1. The second-order valence-electron chi connectivity index (χ2n) is 14.5. The lowest BCUT2D eigenvalue weighted by Gasteiger charge is -2.28. The number of anilines is 3. The van der Waals surface area contributed by atoms with Crippen molar-refractivity contribution in [3.05, 3.63) is 194 Å². The molecule has 0 N–H and O–H groups in total. The Bertz CT molecular complexity index is 3460. The number of hydrogen-bond donors (Lipinski definition) is 0. The molecule has 0 aliphatic heterocycles. The summed E-state index contributed by atoms with van der Waals surface area (Å²) in [5, 5.41) is 9.64. The molecule has 0 unspecified atom stereocenters. The predicted octanol–water partition coefficient (Wildman–Crippen LogP) is 15.3. The fourth-order valence-corrected chi connectivity index (χ4v) is 10.2. The zero-order chi connectivity index (χ0) is 36.7. The summed E-state index contributed by atoms with van der Waals surface area (Å²) < 4.78 is 11.4. The molecule has 0 saturated carbocycles. The van der Waals surface area contributed by atoms with Crippen molar-refractivity contribution in [2.45, 2.75) is 0 Å². The molecule has 3 nitrogen and oxygen atoms in total. The maximum atomic E-state index is 6.47. The first kappa shape index (κ1) is 31.2. The van der Waals surface area contributed by atoms with E-state index in [0.29, 0.717) is 0 Å². The third-order valence-electron chi connectivity index (χ3n) is 11.4. The molecule has 4 heteroatoms. The smallest absolute Gasteiger partial charge is 0.137 e. The van der Waals surface area contributed by atoms with Crippen molar-refractivity contribution in [2.24, 2.45) is 0 Å². The van der Waals surface area contributed by atoms with Crippen molar-refractivity contribution in [2.75, 3.05) is 4.90 Å². The molecule has 3 heterocycles. The van der Waals surface area contributed by atoms with E-state index >= 15 is 0 Å². The molecule has 0 aliphatic rings. The molecule has 12 rings (SSSR count). The van der Waals surface area contributed by atoms with Gasteiger partial charge in [-0.2, -0.15) is 0 Å². The van der Waals surface area contributed by atoms with Crippen LogP contribution in [0.15, 0.2) is 199 Å². The van der Waals surface area contributed by atoms with Crippen LogP contribution in [0.4, 0.5) is 17.1 Å². The minimum Gasteiger partial charge on any atom is -0.456 e. The number of benzene rings is 9. The molecule has 12 aromatic rings. The van der Waals surface area contributed by atoms with Crippen molar-refractivity contribution in [3.63, 3.8) is 0 Å². The number of thiophene rings is 1. The number of nitrogens with zero attached hydrogens (tertiary/aromatic N) is 2. The van der Waals surface area contributed by atoms with Gasteiger partial charge in [0.25, 0.3) is 0 Å². The van der Waals surface area contributed by atoms with E-state index in [1.54, 1.807) is 0 Å². The predicted molar refractivity (Wildman–Crippen MR) is 239 cm³/mol. The lowest BCUT2D eigenvalue weighted by molar-refractivity contribution is 0.669. The number of aromatic nitrogens is 1. The Hall–Kier alpha value is -7.14. The standard InChI is InChI=1S/C52H32N2OS/c1-2-14-34-31-37(28-27-33(34)13-1)54(45-23-12-25-48-50(45)41-19-5-9-24-47(41)55-48)46-30-29-38(52-51(46)42-20-6-10-26-49(42)56-52)35-15-11-16-36(32-35)53-43-21-7-3-17-39(43)40-18-4-8-22-44(40)53/h1-32H. The summed E-state index contributed by atoms with van der Waals surface area (Å²) >= 11 is 1.87. The summed E-state index contributed by atoms with van der Waals surface area (Å²) in [6.45, 7) is 0. The van der Waals surface area contributed by atoms with E-state index in [4.69, 9.17) is 4.42 Å². The van der Waals surface area contributed by atoms with Gasteiger partial charge in [-0.1, -0.05) is 127 Å². The molecule has 0 spiro atoms. The molecule has 262 valence electrons. The average molecular weight is 733 g/mol. The van der Waals surface area contributed by atoms with Crippen molar-refractivity contribution in [1.82, 2.24) is 4.57 Å². The van der Waals surface area contributed by atoms with E-state index in [0.717, 1.165) is 44.7 Å². The van der Waals surface area contributed by atoms with Crippen molar-refractivity contribution in [1.29, 1.82) is 0 Å². The Morgan fingerprint density at radius 2 is 1.11 bits per heavy atom. The number of rotatable bonds is 5. The fraction of sp³-hybridized carbons (Fsp3) is 0. The van der Waals surface area contributed by atoms with Crippen molar-refractivity contribution >= 4 is 103 Å². The Balaban J connectivity index is 1.13. The van der Waals surface area contributed by atoms with Crippen LogP contribution in [0, 0.1) is 0 Å². The van der Waals surface area contributed by atoms with Crippen molar-refractivity contribution < 1.29 is 4.42 Å². The molecule has 56 heavy (non-hydrogen) atoms. The number of fused-ring (bicyclic) bond motifs is 10. The largest absolute Gasteiger partial charge is 0.456 e. The van der Waals surface area contributed by atoms with E-state index < -0.39 is 0 Å². The summed E-state index contributed by atoms with van der Waals surface area (Å²) in [4.78, 5) is 2.45. The Morgan fingerprint density at radius 3 is 1.95 bits per heavy atom. The van der Waals surface area contributed by atoms with Crippen LogP contribution in [-0.2, 0) is 0 Å². The summed E-state index contributed by atoms with van der Waals surface area (Å²) in [5.41, 5.74) is 11.0. The maximum Gasteiger partial charge on any atom is 0.137 e.